The Balaban J connectivity index is 2.21. The number of hydrogen-bond acceptors (Lipinski definition) is 5. The van der Waals surface area contributed by atoms with Crippen molar-refractivity contribution in [2.24, 2.45) is 5.41 Å². The van der Waals surface area contributed by atoms with Gasteiger partial charge in [-0.15, -0.1) is 0 Å². The van der Waals surface area contributed by atoms with E-state index in [0.29, 0.717) is 16.2 Å². The number of aromatic amines is 1. The summed E-state index contributed by atoms with van der Waals surface area (Å²) in [6, 6.07) is 4.58. The van der Waals surface area contributed by atoms with E-state index in [1.807, 2.05) is 20.8 Å². The number of H-pyrrole nitrogens is 1. The molecule has 31 heavy (non-hydrogen) atoms. The molecule has 0 saturated heterocycles. The molecule has 2 heterocycles. The molecule has 0 fully saturated rings. The molecule has 0 aliphatic carbocycles. The van der Waals surface area contributed by atoms with E-state index in [2.05, 4.69) is 20.3 Å². The monoisotopic (exact) mass is 454 g/mol. The number of alkyl halides is 3. The minimum atomic E-state index is -4.67. The highest BCUT2D eigenvalue weighted by atomic mass is 31.2. The molecular weight excluding hydrogens is 428 g/mol. The van der Waals surface area contributed by atoms with Gasteiger partial charge in [-0.2, -0.15) is 13.2 Å². The Hall–Kier alpha value is -2.38. The number of para-hydroxylation sites is 1. The molecule has 1 aromatic carbocycles. The largest absolute Gasteiger partial charge is 0.419 e. The molecule has 0 amide bonds. The van der Waals surface area contributed by atoms with Gasteiger partial charge in [0.2, 0.25) is 5.95 Å². The molecule has 3 rings (SSSR count). The van der Waals surface area contributed by atoms with Crippen LogP contribution >= 0.6 is 7.14 Å². The van der Waals surface area contributed by atoms with Gasteiger partial charge in [-0.25, -0.2) is 9.97 Å². The number of nitrogens with zero attached hydrogens (tertiary/aromatic N) is 2. The molecule has 6 nitrogen and oxygen atoms in total. The standard InChI is InChI=1S/C21H26F3N4O2P/c1-20(2,3)16(11-29)27-19-26-10-14(21(22,23)24)17(28-19)13-9-25-18-12(13)7-6-8-15(18)31(4,5)30/h6-10,16,25,29H,11H2,1-5H3,(H,26,27,28)/t16-/m0/s1. The number of benzene rings is 1. The summed E-state index contributed by atoms with van der Waals surface area (Å²) in [4.78, 5) is 11.0. The first-order chi connectivity index (χ1) is 14.2. The molecule has 3 N–H and O–H groups in total. The van der Waals surface area contributed by atoms with Crippen molar-refractivity contribution < 1.29 is 22.8 Å². The molecule has 3 aromatic rings. The summed E-state index contributed by atoms with van der Waals surface area (Å²) in [6.07, 6.45) is -2.48. The van der Waals surface area contributed by atoms with E-state index in [1.54, 1.807) is 31.5 Å². The number of aliphatic hydroxyl groups excluding tert-OH is 1. The van der Waals surface area contributed by atoms with Crippen LogP contribution in [0.4, 0.5) is 19.1 Å². The fraction of sp³-hybridized carbons (Fsp3) is 0.429. The van der Waals surface area contributed by atoms with Crippen molar-refractivity contribution in [3.8, 4) is 11.3 Å². The highest BCUT2D eigenvalue weighted by Crippen LogP contribution is 2.42. The van der Waals surface area contributed by atoms with Crippen molar-refractivity contribution in [2.45, 2.75) is 33.0 Å². The lowest BCUT2D eigenvalue weighted by Crippen LogP contribution is -2.37. The van der Waals surface area contributed by atoms with Crippen molar-refractivity contribution in [3.05, 3.63) is 36.2 Å². The number of nitrogens with one attached hydrogen (secondary N) is 2. The van der Waals surface area contributed by atoms with Gasteiger partial charge in [-0.3, -0.25) is 0 Å². The molecule has 168 valence electrons. The van der Waals surface area contributed by atoms with E-state index in [0.717, 1.165) is 6.20 Å². The number of aromatic nitrogens is 3. The molecule has 2 aromatic heterocycles. The van der Waals surface area contributed by atoms with Crippen LogP contribution in [0.2, 0.25) is 0 Å². The lowest BCUT2D eigenvalue weighted by molar-refractivity contribution is -0.137. The highest BCUT2D eigenvalue weighted by molar-refractivity contribution is 7.70. The maximum Gasteiger partial charge on any atom is 0.419 e. The Morgan fingerprint density at radius 1 is 1.23 bits per heavy atom. The third-order valence-electron chi connectivity index (χ3n) is 5.15. The predicted molar refractivity (Wildman–Crippen MR) is 117 cm³/mol. The van der Waals surface area contributed by atoms with Crippen LogP contribution in [0.15, 0.2) is 30.6 Å². The number of hydrogen-bond donors (Lipinski definition) is 3. The molecule has 0 spiro atoms. The van der Waals surface area contributed by atoms with Gasteiger partial charge < -0.3 is 20.0 Å². The zero-order valence-corrected chi connectivity index (χ0v) is 18.9. The minimum Gasteiger partial charge on any atom is -0.394 e. The summed E-state index contributed by atoms with van der Waals surface area (Å²) in [7, 11) is -2.66. The van der Waals surface area contributed by atoms with Crippen LogP contribution in [0.5, 0.6) is 0 Å². The van der Waals surface area contributed by atoms with Crippen LogP contribution < -0.4 is 10.6 Å². The Kier molecular flexibility index (Phi) is 5.97. The zero-order chi connectivity index (χ0) is 23.2. The average molecular weight is 454 g/mol. The van der Waals surface area contributed by atoms with Crippen molar-refractivity contribution in [1.82, 2.24) is 15.0 Å². The first-order valence-corrected chi connectivity index (χ1v) is 12.3. The van der Waals surface area contributed by atoms with Gasteiger partial charge in [0.1, 0.15) is 12.7 Å². The maximum atomic E-state index is 13.8. The van der Waals surface area contributed by atoms with Crippen molar-refractivity contribution in [2.75, 3.05) is 25.3 Å². The number of halogens is 3. The van der Waals surface area contributed by atoms with E-state index < -0.39 is 24.9 Å². The highest BCUT2D eigenvalue weighted by Gasteiger charge is 2.36. The van der Waals surface area contributed by atoms with Crippen molar-refractivity contribution >= 4 is 29.3 Å². The summed E-state index contributed by atoms with van der Waals surface area (Å²) in [5.74, 6) is -0.0147. The van der Waals surface area contributed by atoms with Gasteiger partial charge in [0.25, 0.3) is 0 Å². The quantitative estimate of drug-likeness (QED) is 0.486. The molecule has 0 bridgehead atoms. The second-order valence-corrected chi connectivity index (χ2v) is 12.1. The van der Waals surface area contributed by atoms with Gasteiger partial charge in [0, 0.05) is 28.6 Å². The molecule has 0 radical (unpaired) electrons. The third kappa shape index (κ3) is 4.77. The second kappa shape index (κ2) is 7.95. The van der Waals surface area contributed by atoms with Gasteiger partial charge >= 0.3 is 6.18 Å². The molecule has 0 unspecified atom stereocenters. The van der Waals surface area contributed by atoms with Crippen LogP contribution in [0.3, 0.4) is 0 Å². The van der Waals surface area contributed by atoms with E-state index in [-0.39, 0.29) is 29.2 Å². The molecule has 0 aliphatic rings. The SMILES string of the molecule is CC(C)(C)[C@H](CO)Nc1ncc(C(F)(F)F)c(-c2c[nH]c3c(P(C)(C)=O)cccc23)n1. The van der Waals surface area contributed by atoms with Crippen molar-refractivity contribution in [3.63, 3.8) is 0 Å². The van der Waals surface area contributed by atoms with Crippen LogP contribution in [0.25, 0.3) is 22.2 Å². The molecule has 10 heteroatoms. The Labute approximate surface area is 178 Å². The first-order valence-electron chi connectivity index (χ1n) is 9.71. The van der Waals surface area contributed by atoms with Crippen LogP contribution in [0, 0.1) is 5.41 Å². The first kappa shape index (κ1) is 23.3. The lowest BCUT2D eigenvalue weighted by Gasteiger charge is -2.30. The zero-order valence-electron chi connectivity index (χ0n) is 18.0. The smallest absolute Gasteiger partial charge is 0.394 e. The van der Waals surface area contributed by atoms with E-state index in [1.165, 1.54) is 6.20 Å². The predicted octanol–water partition coefficient (Wildman–Crippen LogP) is 4.71. The average Bonchev–Trinajstić information content (AvgIpc) is 3.07. The van der Waals surface area contributed by atoms with E-state index in [9.17, 15) is 22.8 Å². The van der Waals surface area contributed by atoms with Gasteiger partial charge in [0.15, 0.2) is 0 Å². The Morgan fingerprint density at radius 2 is 1.90 bits per heavy atom. The van der Waals surface area contributed by atoms with E-state index >= 15 is 0 Å². The summed E-state index contributed by atoms with van der Waals surface area (Å²) >= 11 is 0. The second-order valence-electron chi connectivity index (χ2n) is 8.95. The van der Waals surface area contributed by atoms with Crippen molar-refractivity contribution in [1.29, 1.82) is 0 Å². The number of anilines is 1. The van der Waals surface area contributed by atoms with Gasteiger partial charge in [-0.1, -0.05) is 32.9 Å². The molecule has 1 atom stereocenters. The molecule has 0 saturated carbocycles. The summed E-state index contributed by atoms with van der Waals surface area (Å²) in [6.45, 7) is 8.65. The fourth-order valence-electron chi connectivity index (χ4n) is 3.34. The number of aliphatic hydroxyl groups is 1. The van der Waals surface area contributed by atoms with Crippen LogP contribution in [0.1, 0.15) is 26.3 Å². The number of fused-ring (bicyclic) bond motifs is 1. The lowest BCUT2D eigenvalue weighted by atomic mass is 9.87. The van der Waals surface area contributed by atoms with Crippen LogP contribution in [-0.4, -0.2) is 46.0 Å². The molecular formula is C21H26F3N4O2P. The maximum absolute atomic E-state index is 13.8. The third-order valence-corrected chi connectivity index (χ3v) is 6.69. The summed E-state index contributed by atoms with van der Waals surface area (Å²) in [5, 5.41) is 13.7. The fourth-order valence-corrected chi connectivity index (χ4v) is 4.51. The summed E-state index contributed by atoms with van der Waals surface area (Å²) < 4.78 is 53.9. The number of rotatable bonds is 5. The Bertz CT molecular complexity index is 1150. The molecule has 0 aliphatic heterocycles. The minimum absolute atomic E-state index is 0.0147. The Morgan fingerprint density at radius 3 is 2.45 bits per heavy atom. The van der Waals surface area contributed by atoms with Gasteiger partial charge in [0.05, 0.1) is 23.9 Å². The normalized spacial score (nSPS) is 14.1. The topological polar surface area (TPSA) is 90.9 Å². The van der Waals surface area contributed by atoms with Crippen LogP contribution in [-0.2, 0) is 10.7 Å². The summed E-state index contributed by atoms with van der Waals surface area (Å²) in [5.41, 5.74) is -0.882. The van der Waals surface area contributed by atoms with E-state index in [4.69, 9.17) is 0 Å². The van der Waals surface area contributed by atoms with Gasteiger partial charge in [-0.05, 0) is 24.8 Å².